The summed E-state index contributed by atoms with van der Waals surface area (Å²) in [4.78, 5) is 7.30. The molecule has 0 bridgehead atoms. The van der Waals surface area contributed by atoms with Crippen LogP contribution in [0.1, 0.15) is 49.5 Å². The van der Waals surface area contributed by atoms with Crippen LogP contribution in [0.2, 0.25) is 10.0 Å². The number of rotatable bonds is 7. The molecule has 0 N–H and O–H groups in total. The quantitative estimate of drug-likeness (QED) is 0.482. The van der Waals surface area contributed by atoms with Gasteiger partial charge in [-0.15, -0.1) is 10.2 Å². The molecule has 0 amide bonds. The second kappa shape index (κ2) is 9.29. The van der Waals surface area contributed by atoms with Gasteiger partial charge in [-0.25, -0.2) is 0 Å². The Kier molecular flexibility index (Phi) is 6.52. The second-order valence-corrected chi connectivity index (χ2v) is 8.29. The Morgan fingerprint density at radius 3 is 2.47 bits per heavy atom. The van der Waals surface area contributed by atoms with Gasteiger partial charge in [-0.3, -0.25) is 14.5 Å². The molecule has 0 radical (unpaired) electrons. The van der Waals surface area contributed by atoms with Gasteiger partial charge in [0.25, 0.3) is 0 Å². The molecule has 7 heteroatoms. The smallest absolute Gasteiger partial charge is 0.159 e. The van der Waals surface area contributed by atoms with Crippen LogP contribution in [-0.4, -0.2) is 38.5 Å². The number of fused-ring (bicyclic) bond motifs is 3. The molecule has 2 heterocycles. The molecule has 1 aliphatic heterocycles. The van der Waals surface area contributed by atoms with Gasteiger partial charge in [0.1, 0.15) is 6.54 Å². The van der Waals surface area contributed by atoms with E-state index in [0.29, 0.717) is 16.6 Å². The fourth-order valence-corrected chi connectivity index (χ4v) is 4.35. The van der Waals surface area contributed by atoms with Crippen LogP contribution in [0.5, 0.6) is 0 Å². The van der Waals surface area contributed by atoms with Gasteiger partial charge in [-0.1, -0.05) is 55.2 Å². The SMILES string of the molecule is CCCN(CCC)Cc1nnc2n1-c1ccc(Cl)cc1C(c1ccccc1Cl)=NC2. The number of hydrogen-bond donors (Lipinski definition) is 0. The molecule has 0 fully saturated rings. The summed E-state index contributed by atoms with van der Waals surface area (Å²) in [5.74, 6) is 1.75. The van der Waals surface area contributed by atoms with E-state index in [0.717, 1.165) is 66.7 Å². The summed E-state index contributed by atoms with van der Waals surface area (Å²) in [5, 5.41) is 10.3. The first-order valence-electron chi connectivity index (χ1n) is 10.4. The molecule has 0 saturated heterocycles. The minimum absolute atomic E-state index is 0.432. The van der Waals surface area contributed by atoms with Crippen LogP contribution in [-0.2, 0) is 13.1 Å². The molecule has 156 valence electrons. The van der Waals surface area contributed by atoms with Gasteiger partial charge in [0, 0.05) is 21.2 Å². The van der Waals surface area contributed by atoms with E-state index >= 15 is 0 Å². The van der Waals surface area contributed by atoms with Crippen LogP contribution >= 0.6 is 23.2 Å². The molecule has 30 heavy (non-hydrogen) atoms. The highest BCUT2D eigenvalue weighted by atomic mass is 35.5. The Bertz CT molecular complexity index is 1070. The minimum atomic E-state index is 0.432. The van der Waals surface area contributed by atoms with Crippen molar-refractivity contribution in [3.8, 4) is 5.69 Å². The van der Waals surface area contributed by atoms with Crippen molar-refractivity contribution in [3.05, 3.63) is 75.3 Å². The second-order valence-electron chi connectivity index (χ2n) is 7.45. The molecule has 0 spiro atoms. The van der Waals surface area contributed by atoms with E-state index in [1.54, 1.807) is 0 Å². The van der Waals surface area contributed by atoms with Crippen molar-refractivity contribution in [2.45, 2.75) is 39.8 Å². The fourth-order valence-electron chi connectivity index (χ4n) is 3.95. The van der Waals surface area contributed by atoms with E-state index < -0.39 is 0 Å². The van der Waals surface area contributed by atoms with Crippen molar-refractivity contribution >= 4 is 28.9 Å². The molecule has 4 rings (SSSR count). The third-order valence-electron chi connectivity index (χ3n) is 5.20. The Labute approximate surface area is 187 Å². The fraction of sp³-hybridized carbons (Fsp3) is 0.348. The number of aromatic nitrogens is 3. The van der Waals surface area contributed by atoms with Gasteiger partial charge < -0.3 is 0 Å². The van der Waals surface area contributed by atoms with Crippen molar-refractivity contribution in [2.75, 3.05) is 13.1 Å². The molecule has 5 nitrogen and oxygen atoms in total. The highest BCUT2D eigenvalue weighted by Crippen LogP contribution is 2.30. The van der Waals surface area contributed by atoms with Crippen LogP contribution in [0.25, 0.3) is 5.69 Å². The number of aliphatic imine (C=N–C) groups is 1. The zero-order valence-corrected chi connectivity index (χ0v) is 18.8. The molecule has 0 atom stereocenters. The average molecular weight is 442 g/mol. The molecule has 0 unspecified atom stereocenters. The first kappa shape index (κ1) is 21.0. The highest BCUT2D eigenvalue weighted by Gasteiger charge is 2.24. The predicted molar refractivity (Wildman–Crippen MR) is 123 cm³/mol. The van der Waals surface area contributed by atoms with Crippen LogP contribution in [0.3, 0.4) is 0 Å². The average Bonchev–Trinajstić information content (AvgIpc) is 3.04. The summed E-state index contributed by atoms with van der Waals surface area (Å²) in [7, 11) is 0. The van der Waals surface area contributed by atoms with E-state index in [4.69, 9.17) is 28.2 Å². The summed E-state index contributed by atoms with van der Waals surface area (Å²) < 4.78 is 2.14. The van der Waals surface area contributed by atoms with Gasteiger partial charge >= 0.3 is 0 Å². The molecule has 3 aromatic rings. The molecule has 1 aromatic heterocycles. The largest absolute Gasteiger partial charge is 0.296 e. The topological polar surface area (TPSA) is 46.3 Å². The number of benzene rings is 2. The summed E-state index contributed by atoms with van der Waals surface area (Å²) in [6.45, 7) is 7.65. The van der Waals surface area contributed by atoms with Crippen molar-refractivity contribution < 1.29 is 0 Å². The van der Waals surface area contributed by atoms with E-state index in [2.05, 4.69) is 33.5 Å². The van der Waals surface area contributed by atoms with Gasteiger partial charge in [-0.05, 0) is 50.2 Å². The monoisotopic (exact) mass is 441 g/mol. The molecule has 2 aromatic carbocycles. The lowest BCUT2D eigenvalue weighted by atomic mass is 10.0. The zero-order chi connectivity index (χ0) is 21.1. The van der Waals surface area contributed by atoms with Crippen molar-refractivity contribution in [1.82, 2.24) is 19.7 Å². The van der Waals surface area contributed by atoms with E-state index in [1.165, 1.54) is 0 Å². The lowest BCUT2D eigenvalue weighted by Gasteiger charge is -2.21. The molecule has 0 saturated carbocycles. The summed E-state index contributed by atoms with van der Waals surface area (Å²) in [5.41, 5.74) is 3.64. The van der Waals surface area contributed by atoms with Crippen molar-refractivity contribution in [1.29, 1.82) is 0 Å². The first-order valence-corrected chi connectivity index (χ1v) is 11.1. The normalized spacial score (nSPS) is 13.0. The third-order valence-corrected chi connectivity index (χ3v) is 5.77. The lowest BCUT2D eigenvalue weighted by molar-refractivity contribution is 0.258. The highest BCUT2D eigenvalue weighted by molar-refractivity contribution is 6.36. The van der Waals surface area contributed by atoms with Crippen LogP contribution < -0.4 is 0 Å². The molecule has 0 aliphatic carbocycles. The maximum Gasteiger partial charge on any atom is 0.159 e. The Morgan fingerprint density at radius 1 is 0.967 bits per heavy atom. The third kappa shape index (κ3) is 4.15. The zero-order valence-electron chi connectivity index (χ0n) is 17.3. The maximum absolute atomic E-state index is 6.52. The van der Waals surface area contributed by atoms with Crippen LogP contribution in [0, 0.1) is 0 Å². The predicted octanol–water partition coefficient (Wildman–Crippen LogP) is 5.55. The Balaban J connectivity index is 1.83. The molecule has 1 aliphatic rings. The number of halogens is 2. The van der Waals surface area contributed by atoms with Gasteiger partial charge in [0.15, 0.2) is 11.6 Å². The number of hydrogen-bond acceptors (Lipinski definition) is 4. The standard InChI is InChI=1S/C23H25Cl2N5/c1-3-11-29(12-4-2)15-22-28-27-21-14-26-23(17-7-5-6-8-19(17)25)18-13-16(24)9-10-20(18)30(21)22/h5-10,13H,3-4,11-12,14-15H2,1-2H3. The minimum Gasteiger partial charge on any atom is -0.296 e. The summed E-state index contributed by atoms with van der Waals surface area (Å²) in [6, 6.07) is 13.6. The van der Waals surface area contributed by atoms with E-state index in [-0.39, 0.29) is 0 Å². The van der Waals surface area contributed by atoms with Gasteiger partial charge in [0.2, 0.25) is 0 Å². The Hall–Kier alpha value is -2.21. The summed E-state index contributed by atoms with van der Waals surface area (Å²) in [6.07, 6.45) is 2.21. The van der Waals surface area contributed by atoms with E-state index in [1.807, 2.05) is 42.5 Å². The van der Waals surface area contributed by atoms with Gasteiger partial charge in [0.05, 0.1) is 17.9 Å². The molecular weight excluding hydrogens is 417 g/mol. The molecular formula is C23H25Cl2N5. The first-order chi connectivity index (χ1) is 14.6. The lowest BCUT2D eigenvalue weighted by Crippen LogP contribution is -2.27. The van der Waals surface area contributed by atoms with Crippen LogP contribution in [0.15, 0.2) is 47.5 Å². The van der Waals surface area contributed by atoms with Gasteiger partial charge in [-0.2, -0.15) is 0 Å². The van der Waals surface area contributed by atoms with Crippen molar-refractivity contribution in [2.24, 2.45) is 4.99 Å². The summed E-state index contributed by atoms with van der Waals surface area (Å²) >= 11 is 12.9. The number of nitrogens with zero attached hydrogens (tertiary/aromatic N) is 5. The van der Waals surface area contributed by atoms with Crippen LogP contribution in [0.4, 0.5) is 0 Å². The van der Waals surface area contributed by atoms with Crippen molar-refractivity contribution in [3.63, 3.8) is 0 Å². The van der Waals surface area contributed by atoms with E-state index in [9.17, 15) is 0 Å². The maximum atomic E-state index is 6.52. The Morgan fingerprint density at radius 2 is 1.73 bits per heavy atom.